The zero-order valence-corrected chi connectivity index (χ0v) is 11.3. The number of amides is 2. The normalized spacial score (nSPS) is 10.1. The molecule has 2 amide bonds. The van der Waals surface area contributed by atoms with E-state index in [9.17, 15) is 4.79 Å². The molecule has 0 atom stereocenters. The Morgan fingerprint density at radius 2 is 2.33 bits per heavy atom. The molecule has 0 aliphatic rings. The van der Waals surface area contributed by atoms with Crippen LogP contribution < -0.4 is 10.6 Å². The lowest BCUT2D eigenvalue weighted by Crippen LogP contribution is -2.28. The number of urea groups is 1. The molecule has 0 unspecified atom stereocenters. The van der Waals surface area contributed by atoms with E-state index in [4.69, 9.17) is 11.6 Å². The monoisotopic (exact) mass is 281 g/mol. The Hall–Kier alpha value is -1.59. The summed E-state index contributed by atoms with van der Waals surface area (Å²) in [7, 11) is 0. The number of carbonyl (C=O) groups excluding carboxylic acids is 1. The van der Waals surface area contributed by atoms with E-state index in [0.29, 0.717) is 22.9 Å². The number of anilines is 1. The van der Waals surface area contributed by atoms with Crippen molar-refractivity contribution in [3.63, 3.8) is 0 Å². The van der Waals surface area contributed by atoms with Crippen molar-refractivity contribution in [2.24, 2.45) is 0 Å². The minimum absolute atomic E-state index is 0.282. The highest BCUT2D eigenvalue weighted by Gasteiger charge is 2.07. The van der Waals surface area contributed by atoms with Crippen LogP contribution in [0, 0.1) is 6.92 Å². The van der Waals surface area contributed by atoms with Gasteiger partial charge in [-0.05, 0) is 24.4 Å². The Kier molecular flexibility index (Phi) is 4.17. The van der Waals surface area contributed by atoms with Gasteiger partial charge < -0.3 is 10.6 Å². The molecule has 94 valence electrons. The van der Waals surface area contributed by atoms with Gasteiger partial charge in [0.25, 0.3) is 0 Å². The molecule has 2 heterocycles. The average Bonchev–Trinajstić information content (AvgIpc) is 2.86. The molecule has 0 saturated carbocycles. The molecule has 4 nitrogen and oxygen atoms in total. The lowest BCUT2D eigenvalue weighted by atomic mass is 10.3. The predicted molar refractivity (Wildman–Crippen MR) is 74.2 cm³/mol. The SMILES string of the molecule is Cc1nccc(NC(=O)NCc2cccs2)c1Cl. The summed E-state index contributed by atoms with van der Waals surface area (Å²) >= 11 is 7.63. The van der Waals surface area contributed by atoms with E-state index in [0.717, 1.165) is 4.88 Å². The van der Waals surface area contributed by atoms with Crippen molar-refractivity contribution in [1.29, 1.82) is 0 Å². The molecule has 0 radical (unpaired) electrons. The zero-order valence-electron chi connectivity index (χ0n) is 9.74. The highest BCUT2D eigenvalue weighted by atomic mass is 35.5. The number of thiophene rings is 1. The topological polar surface area (TPSA) is 54.0 Å². The molecule has 0 spiro atoms. The summed E-state index contributed by atoms with van der Waals surface area (Å²) in [5, 5.41) is 7.89. The third-order valence-corrected chi connectivity index (χ3v) is 3.67. The van der Waals surface area contributed by atoms with E-state index in [1.54, 1.807) is 30.5 Å². The Morgan fingerprint density at radius 3 is 3.06 bits per heavy atom. The maximum Gasteiger partial charge on any atom is 0.319 e. The highest BCUT2D eigenvalue weighted by molar-refractivity contribution is 7.09. The van der Waals surface area contributed by atoms with Gasteiger partial charge in [0.15, 0.2) is 0 Å². The maximum absolute atomic E-state index is 11.7. The van der Waals surface area contributed by atoms with Crippen LogP contribution in [0.25, 0.3) is 0 Å². The Morgan fingerprint density at radius 1 is 1.50 bits per heavy atom. The van der Waals surface area contributed by atoms with Crippen molar-refractivity contribution >= 4 is 34.7 Å². The largest absolute Gasteiger partial charge is 0.333 e. The third kappa shape index (κ3) is 3.21. The van der Waals surface area contributed by atoms with Crippen LogP contribution in [0.15, 0.2) is 29.8 Å². The molecule has 6 heteroatoms. The number of hydrogen-bond acceptors (Lipinski definition) is 3. The molecule has 0 aliphatic carbocycles. The van der Waals surface area contributed by atoms with Crippen molar-refractivity contribution in [3.05, 3.63) is 45.4 Å². The van der Waals surface area contributed by atoms with Gasteiger partial charge in [-0.2, -0.15) is 0 Å². The Balaban J connectivity index is 1.93. The standard InChI is InChI=1S/C12H12ClN3OS/c1-8-11(13)10(4-5-14-8)16-12(17)15-7-9-3-2-6-18-9/h2-6H,7H2,1H3,(H2,14,15,16,17). The van der Waals surface area contributed by atoms with Gasteiger partial charge in [0.1, 0.15) is 0 Å². The summed E-state index contributed by atoms with van der Waals surface area (Å²) < 4.78 is 0. The van der Waals surface area contributed by atoms with Gasteiger partial charge in [-0.1, -0.05) is 17.7 Å². The molecule has 2 N–H and O–H groups in total. The number of aryl methyl sites for hydroxylation is 1. The summed E-state index contributed by atoms with van der Waals surface area (Å²) in [6.45, 7) is 2.29. The van der Waals surface area contributed by atoms with Crippen LogP contribution in [0.2, 0.25) is 5.02 Å². The smallest absolute Gasteiger partial charge is 0.319 e. The molecule has 2 aromatic heterocycles. The number of pyridine rings is 1. The summed E-state index contributed by atoms with van der Waals surface area (Å²) in [4.78, 5) is 16.8. The average molecular weight is 282 g/mol. The summed E-state index contributed by atoms with van der Waals surface area (Å²) in [5.41, 5.74) is 1.25. The van der Waals surface area contributed by atoms with Crippen LogP contribution in [-0.4, -0.2) is 11.0 Å². The second-order valence-corrected chi connectivity index (χ2v) is 5.06. The lowest BCUT2D eigenvalue weighted by molar-refractivity contribution is 0.252. The number of hydrogen-bond donors (Lipinski definition) is 2. The van der Waals surface area contributed by atoms with Gasteiger partial charge >= 0.3 is 6.03 Å². The fourth-order valence-corrected chi connectivity index (χ4v) is 2.20. The van der Waals surface area contributed by atoms with Gasteiger partial charge in [-0.25, -0.2) is 4.79 Å². The van der Waals surface area contributed by atoms with Crippen molar-refractivity contribution in [3.8, 4) is 0 Å². The number of nitrogens with zero attached hydrogens (tertiary/aromatic N) is 1. The number of carbonyl (C=O) groups is 1. The minimum Gasteiger partial charge on any atom is -0.333 e. The van der Waals surface area contributed by atoms with E-state index in [1.807, 2.05) is 17.5 Å². The van der Waals surface area contributed by atoms with Gasteiger partial charge in [0.05, 0.1) is 22.9 Å². The number of nitrogens with one attached hydrogen (secondary N) is 2. The first kappa shape index (κ1) is 12.9. The van der Waals surface area contributed by atoms with Crippen molar-refractivity contribution in [2.45, 2.75) is 13.5 Å². The molecule has 2 aromatic rings. The molecule has 18 heavy (non-hydrogen) atoms. The van der Waals surface area contributed by atoms with Gasteiger partial charge in [-0.15, -0.1) is 11.3 Å². The summed E-state index contributed by atoms with van der Waals surface area (Å²) in [6.07, 6.45) is 1.61. The first-order chi connectivity index (χ1) is 8.66. The molecule has 0 aliphatic heterocycles. The van der Waals surface area contributed by atoms with Crippen molar-refractivity contribution < 1.29 is 4.79 Å². The van der Waals surface area contributed by atoms with E-state index in [1.165, 1.54) is 0 Å². The fraction of sp³-hybridized carbons (Fsp3) is 0.167. The molecule has 0 fully saturated rings. The van der Waals surface area contributed by atoms with Crippen molar-refractivity contribution in [1.82, 2.24) is 10.3 Å². The first-order valence-corrected chi connectivity index (χ1v) is 6.61. The van der Waals surface area contributed by atoms with Crippen LogP contribution in [0.5, 0.6) is 0 Å². The molecule has 0 aromatic carbocycles. The summed E-state index contributed by atoms with van der Waals surface area (Å²) in [6, 6.07) is 5.30. The zero-order chi connectivity index (χ0) is 13.0. The van der Waals surface area contributed by atoms with Crippen LogP contribution in [0.1, 0.15) is 10.6 Å². The van der Waals surface area contributed by atoms with Gasteiger partial charge in [0.2, 0.25) is 0 Å². The second-order valence-electron chi connectivity index (χ2n) is 3.64. The first-order valence-electron chi connectivity index (χ1n) is 5.35. The van der Waals surface area contributed by atoms with E-state index in [-0.39, 0.29) is 6.03 Å². The highest BCUT2D eigenvalue weighted by Crippen LogP contribution is 2.23. The lowest BCUT2D eigenvalue weighted by Gasteiger charge is -2.09. The Bertz CT molecular complexity index is 542. The maximum atomic E-state index is 11.7. The molecule has 0 saturated heterocycles. The molecular weight excluding hydrogens is 270 g/mol. The third-order valence-electron chi connectivity index (χ3n) is 2.31. The van der Waals surface area contributed by atoms with Gasteiger partial charge in [0, 0.05) is 11.1 Å². The van der Waals surface area contributed by atoms with E-state index in [2.05, 4.69) is 15.6 Å². The van der Waals surface area contributed by atoms with Crippen LogP contribution in [0.4, 0.5) is 10.5 Å². The fourth-order valence-electron chi connectivity index (χ4n) is 1.39. The quantitative estimate of drug-likeness (QED) is 0.906. The molecular formula is C12H12ClN3OS. The molecule has 0 bridgehead atoms. The summed E-state index contributed by atoms with van der Waals surface area (Å²) in [5.74, 6) is 0. The van der Waals surface area contributed by atoms with E-state index >= 15 is 0 Å². The van der Waals surface area contributed by atoms with E-state index < -0.39 is 0 Å². The second kappa shape index (κ2) is 5.84. The van der Waals surface area contributed by atoms with Crippen LogP contribution in [0.3, 0.4) is 0 Å². The van der Waals surface area contributed by atoms with Crippen molar-refractivity contribution in [2.75, 3.05) is 5.32 Å². The van der Waals surface area contributed by atoms with Crippen LogP contribution in [-0.2, 0) is 6.54 Å². The van der Waals surface area contributed by atoms with Crippen LogP contribution >= 0.6 is 22.9 Å². The minimum atomic E-state index is -0.282. The molecule has 2 rings (SSSR count). The predicted octanol–water partition coefficient (Wildman–Crippen LogP) is 3.43. The Labute approximate surface area is 114 Å². The van der Waals surface area contributed by atoms with Gasteiger partial charge in [-0.3, -0.25) is 4.98 Å². The number of rotatable bonds is 3. The number of aromatic nitrogens is 1. The number of halogens is 1.